The molecule has 0 aliphatic carbocycles. The van der Waals surface area contributed by atoms with E-state index in [1.54, 1.807) is 0 Å². The topological polar surface area (TPSA) is 231 Å². The van der Waals surface area contributed by atoms with Crippen molar-refractivity contribution in [3.63, 3.8) is 0 Å². The molecule has 2 aliphatic rings. The number of carbonyl (C=O) groups excluding carboxylic acids is 2. The molecule has 2 saturated heterocycles. The number of unbranched alkanes of at least 4 members (excludes halogenated alkanes) is 17. The predicted octanol–water partition coefficient (Wildman–Crippen LogP) is 8.05. The lowest BCUT2D eigenvalue weighted by Crippen LogP contribution is -2.61. The lowest BCUT2D eigenvalue weighted by atomic mass is 9.98. The van der Waals surface area contributed by atoms with Crippen molar-refractivity contribution in [2.24, 2.45) is 0 Å². The van der Waals surface area contributed by atoms with E-state index in [1.165, 1.54) is 44.9 Å². The van der Waals surface area contributed by atoms with Crippen LogP contribution in [0, 0.1) is 0 Å². The summed E-state index contributed by atoms with van der Waals surface area (Å²) in [6.07, 6.45) is 31.0. The minimum Gasteiger partial charge on any atom is -0.462 e. The predicted molar refractivity (Wildman–Crippen MR) is 270 cm³/mol. The number of esters is 2. The Labute approximate surface area is 420 Å². The fourth-order valence-electron chi connectivity index (χ4n) is 8.08. The van der Waals surface area contributed by atoms with Crippen molar-refractivity contribution >= 4 is 11.9 Å². The van der Waals surface area contributed by atoms with Crippen molar-refractivity contribution in [2.75, 3.05) is 26.4 Å². The van der Waals surface area contributed by atoms with E-state index < -0.39 is 92.7 Å². The Kier molecular flexibility index (Phi) is 37.7. The maximum absolute atomic E-state index is 13.0. The van der Waals surface area contributed by atoms with E-state index in [9.17, 15) is 45.3 Å². The van der Waals surface area contributed by atoms with Crippen molar-refractivity contribution in [3.05, 3.63) is 60.8 Å². The molecule has 11 unspecified atom stereocenters. The zero-order valence-electron chi connectivity index (χ0n) is 42.7. The third-order valence-corrected chi connectivity index (χ3v) is 12.5. The molecule has 0 radical (unpaired) electrons. The monoisotopic (exact) mass is 995 g/mol. The third-order valence-electron chi connectivity index (χ3n) is 12.5. The van der Waals surface area contributed by atoms with Gasteiger partial charge in [-0.1, -0.05) is 152 Å². The van der Waals surface area contributed by atoms with Gasteiger partial charge in [-0.15, -0.1) is 0 Å². The standard InChI is InChI=1S/C55H94O15/c1-3-5-7-9-11-13-15-17-18-19-20-21-22-23-24-26-28-30-32-34-36-38-47(58)68-43(40-65-46(57)37-35-33-31-29-27-25-16-14-12-10-8-6-4-2)41-66-54-53(64)51(62)49(60)45(70-54)42-67-55-52(63)50(61)48(59)44(39-56)69-55/h5,7,11,13-14,16-18,20-21,43-45,48-56,59-64H,3-4,6,8-10,12,15,19,22-42H2,1-2H3/b7-5-,13-11-,16-14-,18-17-,21-20-. The molecule has 15 heteroatoms. The van der Waals surface area contributed by atoms with Gasteiger partial charge in [0.1, 0.15) is 55.4 Å². The van der Waals surface area contributed by atoms with Crippen molar-refractivity contribution in [3.8, 4) is 0 Å². The van der Waals surface area contributed by atoms with E-state index >= 15 is 0 Å². The van der Waals surface area contributed by atoms with Crippen LogP contribution >= 0.6 is 0 Å². The van der Waals surface area contributed by atoms with E-state index in [0.717, 1.165) is 96.3 Å². The van der Waals surface area contributed by atoms with Gasteiger partial charge in [0.25, 0.3) is 0 Å². The van der Waals surface area contributed by atoms with E-state index in [4.69, 9.17) is 28.4 Å². The van der Waals surface area contributed by atoms with Crippen molar-refractivity contribution in [2.45, 2.75) is 248 Å². The van der Waals surface area contributed by atoms with E-state index in [0.29, 0.717) is 12.8 Å². The highest BCUT2D eigenvalue weighted by Gasteiger charge is 2.47. The summed E-state index contributed by atoms with van der Waals surface area (Å²) < 4.78 is 33.6. The molecule has 0 spiro atoms. The molecule has 0 aromatic heterocycles. The summed E-state index contributed by atoms with van der Waals surface area (Å²) in [6, 6.07) is 0. The highest BCUT2D eigenvalue weighted by Crippen LogP contribution is 2.26. The first-order chi connectivity index (χ1) is 34.0. The third kappa shape index (κ3) is 29.0. The summed E-state index contributed by atoms with van der Waals surface area (Å²) in [5, 5.41) is 72.1. The van der Waals surface area contributed by atoms with Gasteiger partial charge in [0.05, 0.1) is 19.8 Å². The Balaban J connectivity index is 1.78. The van der Waals surface area contributed by atoms with Crippen molar-refractivity contribution in [1.82, 2.24) is 0 Å². The lowest BCUT2D eigenvalue weighted by molar-refractivity contribution is -0.332. The quantitative estimate of drug-likeness (QED) is 0.0175. The SMILES string of the molecule is CC/C=C\C/C=C\C/C=C\C/C=C\CCCCCCCCCCC(=O)OC(COC(=O)CCCCCCC/C=C\CCCCCC)COC1OC(COC2OC(CO)C(O)C(O)C2O)C(O)C(O)C1O. The first-order valence-electron chi connectivity index (χ1n) is 26.9. The number of allylic oxidation sites excluding steroid dienone is 10. The van der Waals surface area contributed by atoms with Crippen molar-refractivity contribution < 1.29 is 73.8 Å². The number of hydrogen-bond acceptors (Lipinski definition) is 15. The van der Waals surface area contributed by atoms with Gasteiger partial charge >= 0.3 is 11.9 Å². The number of aliphatic hydroxyl groups excluding tert-OH is 7. The largest absolute Gasteiger partial charge is 0.462 e. The maximum atomic E-state index is 13.0. The summed E-state index contributed by atoms with van der Waals surface area (Å²) in [5.74, 6) is -0.946. The Morgan fingerprint density at radius 1 is 0.471 bits per heavy atom. The molecule has 2 rings (SSSR count). The first kappa shape index (κ1) is 63.3. The van der Waals surface area contributed by atoms with Crippen LogP contribution in [0.4, 0.5) is 0 Å². The molecule has 404 valence electrons. The zero-order chi connectivity index (χ0) is 51.0. The molecular weight excluding hydrogens is 901 g/mol. The van der Waals surface area contributed by atoms with Crippen LogP contribution < -0.4 is 0 Å². The number of hydrogen-bond donors (Lipinski definition) is 7. The normalized spacial score (nSPS) is 25.8. The molecule has 2 heterocycles. The van der Waals surface area contributed by atoms with Crippen LogP contribution in [0.15, 0.2) is 60.8 Å². The minimum absolute atomic E-state index is 0.152. The number of ether oxygens (including phenoxy) is 6. The average molecular weight is 995 g/mol. The Morgan fingerprint density at radius 2 is 0.900 bits per heavy atom. The van der Waals surface area contributed by atoms with Crippen LogP contribution in [0.1, 0.15) is 181 Å². The highest BCUT2D eigenvalue weighted by molar-refractivity contribution is 5.70. The van der Waals surface area contributed by atoms with Gasteiger partial charge in [-0.05, 0) is 77.0 Å². The van der Waals surface area contributed by atoms with Crippen molar-refractivity contribution in [1.29, 1.82) is 0 Å². The molecule has 0 aromatic rings. The van der Waals surface area contributed by atoms with Crippen LogP contribution in [0.3, 0.4) is 0 Å². The fraction of sp³-hybridized carbons (Fsp3) is 0.782. The van der Waals surface area contributed by atoms with Crippen LogP contribution in [0.2, 0.25) is 0 Å². The van der Waals surface area contributed by atoms with Gasteiger partial charge in [-0.3, -0.25) is 9.59 Å². The Hall–Kier alpha value is -2.80. The van der Waals surface area contributed by atoms with Gasteiger partial charge in [0.15, 0.2) is 18.7 Å². The van der Waals surface area contributed by atoms with Gasteiger partial charge in [0.2, 0.25) is 0 Å². The summed E-state index contributed by atoms with van der Waals surface area (Å²) in [5.41, 5.74) is 0. The molecule has 15 nitrogen and oxygen atoms in total. The van der Waals surface area contributed by atoms with Crippen LogP contribution in [-0.2, 0) is 38.0 Å². The van der Waals surface area contributed by atoms with E-state index in [-0.39, 0.29) is 26.1 Å². The second-order valence-electron chi connectivity index (χ2n) is 18.7. The van der Waals surface area contributed by atoms with Gasteiger partial charge in [0, 0.05) is 12.8 Å². The Morgan fingerprint density at radius 3 is 1.43 bits per heavy atom. The second kappa shape index (κ2) is 41.6. The maximum Gasteiger partial charge on any atom is 0.306 e. The highest BCUT2D eigenvalue weighted by atomic mass is 16.7. The molecule has 0 aromatic carbocycles. The molecule has 2 aliphatic heterocycles. The molecule has 7 N–H and O–H groups in total. The minimum atomic E-state index is -1.77. The van der Waals surface area contributed by atoms with Gasteiger partial charge in [-0.2, -0.15) is 0 Å². The van der Waals surface area contributed by atoms with Gasteiger partial charge < -0.3 is 64.2 Å². The molecule has 2 fully saturated rings. The van der Waals surface area contributed by atoms with Gasteiger partial charge in [-0.25, -0.2) is 0 Å². The van der Waals surface area contributed by atoms with E-state index in [1.807, 2.05) is 0 Å². The van der Waals surface area contributed by atoms with Crippen LogP contribution in [0.25, 0.3) is 0 Å². The number of rotatable bonds is 41. The average Bonchev–Trinajstić information content (AvgIpc) is 3.35. The van der Waals surface area contributed by atoms with E-state index in [2.05, 4.69) is 74.6 Å². The van der Waals surface area contributed by atoms with Crippen LogP contribution in [0.5, 0.6) is 0 Å². The number of carbonyl (C=O) groups is 2. The number of aliphatic hydroxyl groups is 7. The molecule has 0 saturated carbocycles. The molecular formula is C55H94O15. The molecule has 11 atom stereocenters. The summed E-state index contributed by atoms with van der Waals surface area (Å²) in [7, 11) is 0. The second-order valence-corrected chi connectivity index (χ2v) is 18.7. The first-order valence-corrected chi connectivity index (χ1v) is 26.9. The fourth-order valence-corrected chi connectivity index (χ4v) is 8.08. The molecule has 0 amide bonds. The summed E-state index contributed by atoms with van der Waals surface area (Å²) in [6.45, 7) is 2.44. The molecule has 0 bridgehead atoms. The lowest BCUT2D eigenvalue weighted by Gasteiger charge is -2.42. The summed E-state index contributed by atoms with van der Waals surface area (Å²) >= 11 is 0. The Bertz CT molecular complexity index is 1450. The molecule has 70 heavy (non-hydrogen) atoms. The van der Waals surface area contributed by atoms with Crippen LogP contribution in [-0.4, -0.2) is 142 Å². The smallest absolute Gasteiger partial charge is 0.306 e. The summed E-state index contributed by atoms with van der Waals surface area (Å²) in [4.78, 5) is 25.8. The zero-order valence-corrected chi connectivity index (χ0v) is 42.7.